The van der Waals surface area contributed by atoms with Crippen LogP contribution in [-0.2, 0) is 11.2 Å². The average molecular weight is 530 g/mol. The number of aryl methyl sites for hydroxylation is 1. The second-order valence-corrected chi connectivity index (χ2v) is 11.3. The molecule has 2 amide bonds. The number of nitrogens with one attached hydrogen (secondary N) is 3. The van der Waals surface area contributed by atoms with Gasteiger partial charge in [0, 0.05) is 32.5 Å². The molecule has 0 spiro atoms. The number of anilines is 1. The number of amides is 2. The van der Waals surface area contributed by atoms with Crippen LogP contribution in [0.1, 0.15) is 54.0 Å². The number of carbonyl (C=O) groups is 3. The summed E-state index contributed by atoms with van der Waals surface area (Å²) in [6, 6.07) is 6.24. The molecular weight excluding hydrogens is 493 g/mol. The summed E-state index contributed by atoms with van der Waals surface area (Å²) in [6.45, 7) is 8.56. The molecule has 1 aromatic heterocycles. The van der Waals surface area contributed by atoms with Crippen molar-refractivity contribution in [1.29, 1.82) is 0 Å². The zero-order valence-corrected chi connectivity index (χ0v) is 22.5. The molecule has 2 aliphatic heterocycles. The minimum Gasteiger partial charge on any atom is -0.325 e. The zero-order valence-electron chi connectivity index (χ0n) is 21.7. The first-order valence-electron chi connectivity index (χ1n) is 12.9. The molecular formula is C27H36FN5O3S. The minimum absolute atomic E-state index is 0.0613. The standard InChI is InChI=1S/C27H36FN5O3S/c1-17-24(18(2)34)37-26(30-17)31-25(36)32-27(19(3)35)10-11-29-14-22(27)16-33-12-4-5-21(15-33)13-20-6-8-23(28)9-7-20/h6-9,21-22,29H,4-5,10-16H2,1-3H3,(H2,30,31,32,36)/t21-,22+,27-/m0/s1. The van der Waals surface area contributed by atoms with Crippen molar-refractivity contribution in [2.45, 2.75) is 52.0 Å². The van der Waals surface area contributed by atoms with Crippen LogP contribution in [0.5, 0.6) is 0 Å². The van der Waals surface area contributed by atoms with Crippen LogP contribution in [0.25, 0.3) is 0 Å². The number of likely N-dealkylation sites (tertiary alicyclic amines) is 1. The van der Waals surface area contributed by atoms with Gasteiger partial charge in [-0.2, -0.15) is 0 Å². The molecule has 2 aromatic rings. The molecule has 200 valence electrons. The summed E-state index contributed by atoms with van der Waals surface area (Å²) in [4.78, 5) is 45.1. The maximum atomic E-state index is 13.3. The van der Waals surface area contributed by atoms with Crippen LogP contribution in [0.4, 0.5) is 14.3 Å². The first-order valence-corrected chi connectivity index (χ1v) is 13.7. The number of hydrogen-bond acceptors (Lipinski definition) is 7. The van der Waals surface area contributed by atoms with Crippen LogP contribution in [0.2, 0.25) is 0 Å². The Morgan fingerprint density at radius 2 is 2.00 bits per heavy atom. The van der Waals surface area contributed by atoms with E-state index in [0.717, 1.165) is 49.3 Å². The summed E-state index contributed by atoms with van der Waals surface area (Å²) in [7, 11) is 0. The number of rotatable bonds is 8. The van der Waals surface area contributed by atoms with Crippen LogP contribution in [0.3, 0.4) is 0 Å². The maximum absolute atomic E-state index is 13.3. The summed E-state index contributed by atoms with van der Waals surface area (Å²) in [6.07, 6.45) is 3.58. The highest BCUT2D eigenvalue weighted by molar-refractivity contribution is 7.17. The third-order valence-corrected chi connectivity index (χ3v) is 8.78. The van der Waals surface area contributed by atoms with Crippen molar-refractivity contribution in [2.75, 3.05) is 38.0 Å². The second kappa shape index (κ2) is 11.8. The molecule has 0 saturated carbocycles. The van der Waals surface area contributed by atoms with Crippen LogP contribution in [0.15, 0.2) is 24.3 Å². The van der Waals surface area contributed by atoms with E-state index in [4.69, 9.17) is 0 Å². The number of ketones is 2. The number of thiazole rings is 1. The van der Waals surface area contributed by atoms with Crippen molar-refractivity contribution in [3.63, 3.8) is 0 Å². The summed E-state index contributed by atoms with van der Waals surface area (Å²) >= 11 is 1.14. The van der Waals surface area contributed by atoms with Crippen molar-refractivity contribution >= 4 is 34.1 Å². The molecule has 10 heteroatoms. The molecule has 0 bridgehead atoms. The van der Waals surface area contributed by atoms with E-state index in [1.54, 1.807) is 13.8 Å². The predicted octanol–water partition coefficient (Wildman–Crippen LogP) is 3.81. The summed E-state index contributed by atoms with van der Waals surface area (Å²) < 4.78 is 13.3. The number of halogens is 1. The van der Waals surface area contributed by atoms with E-state index in [9.17, 15) is 18.8 Å². The van der Waals surface area contributed by atoms with Crippen LogP contribution in [-0.4, -0.2) is 65.7 Å². The average Bonchev–Trinajstić information content (AvgIpc) is 3.22. The molecule has 8 nitrogen and oxygen atoms in total. The SMILES string of the molecule is CC(=O)c1sc(NC(=O)N[C@]2(C(C)=O)CCNC[C@@H]2CN2CCC[C@@H](Cc3ccc(F)cc3)C2)nc1C. The number of carbonyl (C=O) groups excluding carboxylic acids is 3. The number of benzene rings is 1. The number of hydrogen-bond donors (Lipinski definition) is 3. The fraction of sp³-hybridized carbons (Fsp3) is 0.556. The van der Waals surface area contributed by atoms with Gasteiger partial charge in [0.05, 0.1) is 10.6 Å². The number of piperidine rings is 2. The topological polar surface area (TPSA) is 103 Å². The number of urea groups is 1. The lowest BCUT2D eigenvalue weighted by Crippen LogP contribution is -2.67. The van der Waals surface area contributed by atoms with Gasteiger partial charge in [-0.1, -0.05) is 23.5 Å². The van der Waals surface area contributed by atoms with Gasteiger partial charge in [0.2, 0.25) is 0 Å². The van der Waals surface area contributed by atoms with Gasteiger partial charge in [0.15, 0.2) is 16.7 Å². The van der Waals surface area contributed by atoms with Crippen LogP contribution < -0.4 is 16.0 Å². The van der Waals surface area contributed by atoms with E-state index >= 15 is 0 Å². The van der Waals surface area contributed by atoms with E-state index in [1.165, 1.54) is 19.1 Å². The third-order valence-electron chi connectivity index (χ3n) is 7.60. The van der Waals surface area contributed by atoms with Gasteiger partial charge in [0.1, 0.15) is 11.4 Å². The van der Waals surface area contributed by atoms with E-state index in [-0.39, 0.29) is 23.3 Å². The van der Waals surface area contributed by atoms with E-state index in [0.29, 0.717) is 47.7 Å². The molecule has 3 heterocycles. The number of Topliss-reactive ketones (excluding diaryl/α,β-unsaturated/α-hetero) is 2. The van der Waals surface area contributed by atoms with E-state index in [1.807, 2.05) is 12.1 Å². The lowest BCUT2D eigenvalue weighted by Gasteiger charge is -2.46. The maximum Gasteiger partial charge on any atom is 0.321 e. The highest BCUT2D eigenvalue weighted by Crippen LogP contribution is 2.30. The monoisotopic (exact) mass is 529 g/mol. The van der Waals surface area contributed by atoms with Gasteiger partial charge < -0.3 is 15.5 Å². The van der Waals surface area contributed by atoms with Crippen LogP contribution >= 0.6 is 11.3 Å². The molecule has 37 heavy (non-hydrogen) atoms. The predicted molar refractivity (Wildman–Crippen MR) is 143 cm³/mol. The Hall–Kier alpha value is -2.69. The van der Waals surface area contributed by atoms with E-state index < -0.39 is 11.6 Å². The lowest BCUT2D eigenvalue weighted by molar-refractivity contribution is -0.126. The van der Waals surface area contributed by atoms with Crippen molar-refractivity contribution in [3.8, 4) is 0 Å². The third kappa shape index (κ3) is 6.61. The largest absolute Gasteiger partial charge is 0.325 e. The van der Waals surface area contributed by atoms with Crippen LogP contribution in [0, 0.1) is 24.6 Å². The summed E-state index contributed by atoms with van der Waals surface area (Å²) in [5, 5.41) is 9.49. The van der Waals surface area contributed by atoms with Gasteiger partial charge in [-0.3, -0.25) is 14.9 Å². The molecule has 2 aliphatic rings. The summed E-state index contributed by atoms with van der Waals surface area (Å²) in [5.74, 6) is -0.0161. The highest BCUT2D eigenvalue weighted by atomic mass is 32.1. The van der Waals surface area contributed by atoms with Gasteiger partial charge in [-0.15, -0.1) is 0 Å². The molecule has 0 aliphatic carbocycles. The molecule has 1 aromatic carbocycles. The Kier molecular flexibility index (Phi) is 8.71. The Balaban J connectivity index is 1.43. The molecule has 3 atom stereocenters. The van der Waals surface area contributed by atoms with Crippen molar-refractivity contribution < 1.29 is 18.8 Å². The Morgan fingerprint density at radius 1 is 1.24 bits per heavy atom. The number of nitrogens with zero attached hydrogens (tertiary/aromatic N) is 2. The van der Waals surface area contributed by atoms with E-state index in [2.05, 4.69) is 25.8 Å². The molecule has 4 rings (SSSR count). The van der Waals surface area contributed by atoms with Crippen molar-refractivity contribution in [3.05, 3.63) is 46.2 Å². The lowest BCUT2D eigenvalue weighted by atomic mass is 9.75. The van der Waals surface area contributed by atoms with Gasteiger partial charge in [-0.05, 0) is 76.2 Å². The normalized spacial score (nSPS) is 24.4. The highest BCUT2D eigenvalue weighted by Gasteiger charge is 2.47. The first kappa shape index (κ1) is 27.3. The smallest absolute Gasteiger partial charge is 0.321 e. The van der Waals surface area contributed by atoms with Crippen molar-refractivity contribution in [1.82, 2.24) is 20.5 Å². The Bertz CT molecular complexity index is 1140. The van der Waals surface area contributed by atoms with Crippen molar-refractivity contribution in [2.24, 2.45) is 11.8 Å². The minimum atomic E-state index is -0.991. The molecule has 3 N–H and O–H groups in total. The first-order chi connectivity index (χ1) is 17.7. The molecule has 2 fully saturated rings. The zero-order chi connectivity index (χ0) is 26.6. The quantitative estimate of drug-likeness (QED) is 0.450. The molecule has 0 unspecified atom stereocenters. The fourth-order valence-corrected chi connectivity index (χ4v) is 6.59. The van der Waals surface area contributed by atoms with Gasteiger partial charge in [0.25, 0.3) is 0 Å². The summed E-state index contributed by atoms with van der Waals surface area (Å²) in [5.41, 5.74) is 0.720. The Morgan fingerprint density at radius 3 is 2.68 bits per heavy atom. The fourth-order valence-electron chi connectivity index (χ4n) is 5.73. The molecule has 2 saturated heterocycles. The molecule has 0 radical (unpaired) electrons. The van der Waals surface area contributed by atoms with Gasteiger partial charge in [-0.25, -0.2) is 14.2 Å². The Labute approximate surface area is 221 Å². The van der Waals surface area contributed by atoms with Gasteiger partial charge >= 0.3 is 6.03 Å². The number of aromatic nitrogens is 1. The second-order valence-electron chi connectivity index (χ2n) is 10.3.